The predicted molar refractivity (Wildman–Crippen MR) is 98.8 cm³/mol. The molecule has 1 N–H and O–H groups in total. The minimum atomic E-state index is -0.580. The number of hydrogen-bond acceptors (Lipinski definition) is 5. The first-order valence-electron chi connectivity index (χ1n) is 7.76. The molecule has 0 atom stereocenters. The number of methoxy groups -OCH3 is 1. The molecule has 1 aliphatic heterocycles. The summed E-state index contributed by atoms with van der Waals surface area (Å²) in [5, 5.41) is 13.8. The number of fused-ring (bicyclic) bond motifs is 1. The van der Waals surface area contributed by atoms with Crippen molar-refractivity contribution in [2.24, 2.45) is 0 Å². The number of carbonyl (C=O) groups is 1. The summed E-state index contributed by atoms with van der Waals surface area (Å²) >= 11 is 5.90. The van der Waals surface area contributed by atoms with Crippen LogP contribution in [0.3, 0.4) is 0 Å². The second-order valence-corrected chi connectivity index (χ2v) is 5.87. The van der Waals surface area contributed by atoms with Gasteiger partial charge in [-0.1, -0.05) is 17.7 Å². The van der Waals surface area contributed by atoms with Crippen molar-refractivity contribution in [1.82, 2.24) is 0 Å². The highest BCUT2D eigenvalue weighted by molar-refractivity contribution is 6.37. The lowest BCUT2D eigenvalue weighted by molar-refractivity contribution is -0.384. The number of nitrogens with zero attached hydrogens (tertiary/aromatic N) is 1. The lowest BCUT2D eigenvalue weighted by atomic mass is 10.0. The quantitative estimate of drug-likeness (QED) is 0.482. The number of benzene rings is 2. The van der Waals surface area contributed by atoms with Crippen molar-refractivity contribution in [1.29, 1.82) is 0 Å². The lowest BCUT2D eigenvalue weighted by Gasteiger charge is -2.10. The van der Waals surface area contributed by atoms with Crippen LogP contribution in [0.15, 0.2) is 30.3 Å². The summed E-state index contributed by atoms with van der Waals surface area (Å²) in [5.41, 5.74) is 1.62. The maximum atomic E-state index is 12.3. The Morgan fingerprint density at radius 1 is 1.27 bits per heavy atom. The van der Waals surface area contributed by atoms with E-state index in [1.165, 1.54) is 19.2 Å². The van der Waals surface area contributed by atoms with Gasteiger partial charge < -0.3 is 14.8 Å². The van der Waals surface area contributed by atoms with Gasteiger partial charge in [-0.25, -0.2) is 0 Å². The molecule has 2 aromatic carbocycles. The fourth-order valence-electron chi connectivity index (χ4n) is 2.70. The number of rotatable bonds is 5. The Hall–Kier alpha value is -3.06. The maximum absolute atomic E-state index is 12.3. The Balaban J connectivity index is 2.07. The Bertz CT molecular complexity index is 939. The van der Waals surface area contributed by atoms with E-state index in [9.17, 15) is 14.9 Å². The van der Waals surface area contributed by atoms with E-state index in [0.29, 0.717) is 40.5 Å². The number of carbonyl (C=O) groups excluding carboxylic acids is 1. The molecule has 3 rings (SSSR count). The first-order chi connectivity index (χ1) is 12.4. The van der Waals surface area contributed by atoms with Crippen LogP contribution in [-0.4, -0.2) is 24.5 Å². The van der Waals surface area contributed by atoms with Crippen molar-refractivity contribution in [3.8, 4) is 11.5 Å². The standard InChI is InChI=1S/C18H15ClN2O5/c1-3-26-16-5-4-10(7-17(16)25-2)6-12-11-8-15(21(23)24)13(19)9-14(11)20-18(12)22/h4-9H,3H2,1-2H3,(H,20,22)/b12-6+. The summed E-state index contributed by atoms with van der Waals surface area (Å²) in [6, 6.07) is 7.93. The molecule has 0 spiro atoms. The largest absolute Gasteiger partial charge is 0.493 e. The zero-order valence-corrected chi connectivity index (χ0v) is 14.8. The van der Waals surface area contributed by atoms with Crippen LogP contribution in [0.2, 0.25) is 5.02 Å². The van der Waals surface area contributed by atoms with Gasteiger partial charge in [-0.2, -0.15) is 0 Å². The summed E-state index contributed by atoms with van der Waals surface area (Å²) in [6.45, 7) is 2.37. The fourth-order valence-corrected chi connectivity index (χ4v) is 2.93. The molecule has 0 bridgehead atoms. The molecule has 0 aliphatic carbocycles. The number of nitro groups is 1. The number of amides is 1. The molecule has 0 aromatic heterocycles. The normalized spacial score (nSPS) is 14.1. The van der Waals surface area contributed by atoms with Gasteiger partial charge in [0.1, 0.15) is 5.02 Å². The first kappa shape index (κ1) is 17.8. The van der Waals surface area contributed by atoms with Crippen LogP contribution in [0.25, 0.3) is 11.6 Å². The van der Waals surface area contributed by atoms with Gasteiger partial charge in [-0.05, 0) is 36.8 Å². The van der Waals surface area contributed by atoms with E-state index < -0.39 is 4.92 Å². The maximum Gasteiger partial charge on any atom is 0.288 e. The predicted octanol–water partition coefficient (Wildman–Crippen LogP) is 4.15. The molecular formula is C18H15ClN2O5. The molecule has 134 valence electrons. The van der Waals surface area contributed by atoms with Gasteiger partial charge in [-0.3, -0.25) is 14.9 Å². The minimum absolute atomic E-state index is 0.0296. The summed E-state index contributed by atoms with van der Waals surface area (Å²) < 4.78 is 10.8. The molecule has 1 aliphatic rings. The molecule has 26 heavy (non-hydrogen) atoms. The SMILES string of the molecule is CCOc1ccc(/C=C2/C(=O)Nc3cc(Cl)c([N+](=O)[O-])cc32)cc1OC. The number of halogens is 1. The smallest absolute Gasteiger partial charge is 0.288 e. The van der Waals surface area contributed by atoms with Crippen LogP contribution in [0, 0.1) is 10.1 Å². The van der Waals surface area contributed by atoms with Gasteiger partial charge in [0.25, 0.3) is 11.6 Å². The third-order valence-electron chi connectivity index (χ3n) is 3.87. The van der Waals surface area contributed by atoms with Gasteiger partial charge in [-0.15, -0.1) is 0 Å². The molecule has 1 heterocycles. The molecule has 0 fully saturated rings. The van der Waals surface area contributed by atoms with Crippen molar-refractivity contribution in [2.75, 3.05) is 19.0 Å². The molecular weight excluding hydrogens is 360 g/mol. The van der Waals surface area contributed by atoms with Crippen LogP contribution in [0.1, 0.15) is 18.1 Å². The van der Waals surface area contributed by atoms with Crippen molar-refractivity contribution >= 4 is 40.5 Å². The van der Waals surface area contributed by atoms with Crippen molar-refractivity contribution in [2.45, 2.75) is 6.92 Å². The van der Waals surface area contributed by atoms with E-state index in [4.69, 9.17) is 21.1 Å². The average molecular weight is 375 g/mol. The number of ether oxygens (including phenoxy) is 2. The Morgan fingerprint density at radius 3 is 2.69 bits per heavy atom. The van der Waals surface area contributed by atoms with E-state index in [0.717, 1.165) is 0 Å². The van der Waals surface area contributed by atoms with Gasteiger partial charge in [0.2, 0.25) is 0 Å². The van der Waals surface area contributed by atoms with E-state index in [1.54, 1.807) is 24.3 Å². The van der Waals surface area contributed by atoms with Gasteiger partial charge >= 0.3 is 0 Å². The van der Waals surface area contributed by atoms with Crippen LogP contribution in [0.4, 0.5) is 11.4 Å². The van der Waals surface area contributed by atoms with Crippen molar-refractivity contribution < 1.29 is 19.2 Å². The topological polar surface area (TPSA) is 90.7 Å². The molecule has 8 heteroatoms. The third-order valence-corrected chi connectivity index (χ3v) is 4.17. The van der Waals surface area contributed by atoms with Crippen LogP contribution in [-0.2, 0) is 4.79 Å². The molecule has 2 aromatic rings. The molecule has 0 saturated carbocycles. The van der Waals surface area contributed by atoms with Gasteiger partial charge in [0.15, 0.2) is 11.5 Å². The third kappa shape index (κ3) is 3.21. The highest BCUT2D eigenvalue weighted by Crippen LogP contribution is 2.40. The number of nitro benzene ring substituents is 1. The fraction of sp³-hybridized carbons (Fsp3) is 0.167. The highest BCUT2D eigenvalue weighted by atomic mass is 35.5. The zero-order valence-electron chi connectivity index (χ0n) is 14.0. The zero-order chi connectivity index (χ0) is 18.8. The van der Waals surface area contributed by atoms with E-state index in [2.05, 4.69) is 5.32 Å². The summed E-state index contributed by atoms with van der Waals surface area (Å²) in [4.78, 5) is 22.8. The van der Waals surface area contributed by atoms with E-state index in [1.807, 2.05) is 6.92 Å². The lowest BCUT2D eigenvalue weighted by Crippen LogP contribution is -2.03. The van der Waals surface area contributed by atoms with E-state index in [-0.39, 0.29) is 16.6 Å². The molecule has 0 radical (unpaired) electrons. The Morgan fingerprint density at radius 2 is 2.04 bits per heavy atom. The summed E-state index contributed by atoms with van der Waals surface area (Å²) in [7, 11) is 1.53. The van der Waals surface area contributed by atoms with Gasteiger partial charge in [0.05, 0.1) is 24.3 Å². The van der Waals surface area contributed by atoms with Crippen molar-refractivity contribution in [3.05, 3.63) is 56.6 Å². The number of hydrogen-bond donors (Lipinski definition) is 1. The summed E-state index contributed by atoms with van der Waals surface area (Å²) in [6.07, 6.45) is 1.64. The van der Waals surface area contributed by atoms with E-state index >= 15 is 0 Å². The first-order valence-corrected chi connectivity index (χ1v) is 8.14. The van der Waals surface area contributed by atoms with Crippen LogP contribution < -0.4 is 14.8 Å². The second-order valence-electron chi connectivity index (χ2n) is 5.46. The van der Waals surface area contributed by atoms with Gasteiger partial charge in [0, 0.05) is 17.2 Å². The van der Waals surface area contributed by atoms with Crippen molar-refractivity contribution in [3.63, 3.8) is 0 Å². The molecule has 0 unspecified atom stereocenters. The average Bonchev–Trinajstić information content (AvgIpc) is 2.90. The second kappa shape index (κ2) is 7.05. The minimum Gasteiger partial charge on any atom is -0.493 e. The molecule has 0 saturated heterocycles. The molecule has 7 nitrogen and oxygen atoms in total. The Kier molecular flexibility index (Phi) is 4.81. The summed E-state index contributed by atoms with van der Waals surface area (Å²) in [5.74, 6) is 0.766. The number of anilines is 1. The van der Waals surface area contributed by atoms with Crippen LogP contribution >= 0.6 is 11.6 Å². The van der Waals surface area contributed by atoms with Crippen LogP contribution in [0.5, 0.6) is 11.5 Å². The molecule has 1 amide bonds. The number of nitrogens with one attached hydrogen (secondary N) is 1. The monoisotopic (exact) mass is 374 g/mol. The Labute approximate surface area is 154 Å². The highest BCUT2D eigenvalue weighted by Gasteiger charge is 2.28.